The Morgan fingerprint density at radius 3 is 2.29 bits per heavy atom. The summed E-state index contributed by atoms with van der Waals surface area (Å²) in [5.41, 5.74) is 0. The summed E-state index contributed by atoms with van der Waals surface area (Å²) in [5.74, 6) is 1.46. The Hall–Kier alpha value is 0.500. The molecule has 3 nitrogen and oxygen atoms in total. The Balaban J connectivity index is 4.17. The highest BCUT2D eigenvalue weighted by Gasteiger charge is 2.23. The molecule has 0 saturated heterocycles. The fourth-order valence-corrected chi connectivity index (χ4v) is 5.71. The van der Waals surface area contributed by atoms with E-state index in [0.717, 1.165) is 31.8 Å². The lowest BCUT2D eigenvalue weighted by molar-refractivity contribution is 0.241. The normalized spacial score (nSPS) is 16.1. The summed E-state index contributed by atoms with van der Waals surface area (Å²) in [6.07, 6.45) is 5.42. The van der Waals surface area contributed by atoms with Crippen LogP contribution in [0, 0.1) is 5.92 Å². The molecule has 2 atom stereocenters. The summed E-state index contributed by atoms with van der Waals surface area (Å²) < 4.78 is 18.6. The first-order chi connectivity index (χ1) is 10.0. The van der Waals surface area contributed by atoms with Gasteiger partial charge in [0, 0.05) is 18.5 Å². The summed E-state index contributed by atoms with van der Waals surface area (Å²) in [4.78, 5) is 2.36. The Labute approximate surface area is 136 Å². The molecule has 0 aromatic carbocycles. The molecule has 2 unspecified atom stereocenters. The minimum atomic E-state index is -2.49. The van der Waals surface area contributed by atoms with Gasteiger partial charge in [0.25, 0.3) is 6.57 Å². The second-order valence-electron chi connectivity index (χ2n) is 5.50. The predicted molar refractivity (Wildman–Crippen MR) is 97.7 cm³/mol. The fraction of sp³-hybridized carbons (Fsp3) is 1.00. The third-order valence-corrected chi connectivity index (χ3v) is 8.92. The van der Waals surface area contributed by atoms with E-state index in [0.29, 0.717) is 18.7 Å². The van der Waals surface area contributed by atoms with Gasteiger partial charge in [-0.15, -0.1) is 0 Å². The van der Waals surface area contributed by atoms with Crippen LogP contribution in [0.5, 0.6) is 0 Å². The molecule has 0 aliphatic rings. The molecule has 0 rings (SSSR count). The van der Waals surface area contributed by atoms with Crippen LogP contribution in [-0.4, -0.2) is 43.1 Å². The number of rotatable bonds is 14. The van der Waals surface area contributed by atoms with E-state index in [1.807, 2.05) is 6.92 Å². The maximum atomic E-state index is 12.8. The van der Waals surface area contributed by atoms with Gasteiger partial charge in [-0.2, -0.15) is 0 Å². The Morgan fingerprint density at radius 2 is 1.81 bits per heavy atom. The number of nitrogens with zero attached hydrogens (tertiary/aromatic N) is 1. The van der Waals surface area contributed by atoms with Crippen LogP contribution in [0.1, 0.15) is 60.3 Å². The minimum Gasteiger partial charge on any atom is -0.321 e. The maximum Gasteiger partial charge on any atom is 0.257 e. The molecular weight excluding hydrogens is 301 g/mol. The van der Waals surface area contributed by atoms with Gasteiger partial charge in [-0.25, -0.2) is 0 Å². The largest absolute Gasteiger partial charge is 0.321 e. The number of hydrogen-bond donors (Lipinski definition) is 0. The molecule has 128 valence electrons. The average Bonchev–Trinajstić information content (AvgIpc) is 2.52. The van der Waals surface area contributed by atoms with Gasteiger partial charge < -0.3 is 9.42 Å². The highest BCUT2D eigenvalue weighted by molar-refractivity contribution is 8.56. The first kappa shape index (κ1) is 21.5. The smallest absolute Gasteiger partial charge is 0.257 e. The Kier molecular flexibility index (Phi) is 13.3. The molecule has 0 bridgehead atoms. The van der Waals surface area contributed by atoms with Crippen LogP contribution in [0.3, 0.4) is 0 Å². The average molecular weight is 338 g/mol. The lowest BCUT2D eigenvalue weighted by Crippen LogP contribution is -2.25. The van der Waals surface area contributed by atoms with Crippen molar-refractivity contribution in [3.63, 3.8) is 0 Å². The topological polar surface area (TPSA) is 29.5 Å². The van der Waals surface area contributed by atoms with Crippen molar-refractivity contribution in [2.24, 2.45) is 5.92 Å². The molecule has 0 N–H and O–H groups in total. The molecular formula is C16H36NO2PS. The number of hydrogen-bond acceptors (Lipinski definition) is 4. The zero-order valence-electron chi connectivity index (χ0n) is 14.8. The Bertz CT molecular complexity index is 285. The van der Waals surface area contributed by atoms with Crippen LogP contribution in [0.25, 0.3) is 0 Å². The zero-order chi connectivity index (χ0) is 16.1. The summed E-state index contributed by atoms with van der Waals surface area (Å²) >= 11 is 1.55. The highest BCUT2D eigenvalue weighted by Crippen LogP contribution is 2.59. The van der Waals surface area contributed by atoms with Crippen molar-refractivity contribution < 1.29 is 9.09 Å². The van der Waals surface area contributed by atoms with Crippen LogP contribution in [-0.2, 0) is 9.09 Å². The lowest BCUT2D eigenvalue weighted by atomic mass is 10.0. The predicted octanol–water partition coefficient (Wildman–Crippen LogP) is 5.51. The van der Waals surface area contributed by atoms with Crippen LogP contribution in [0.2, 0.25) is 0 Å². The summed E-state index contributed by atoms with van der Waals surface area (Å²) in [7, 11) is 0. The van der Waals surface area contributed by atoms with Gasteiger partial charge >= 0.3 is 0 Å². The van der Waals surface area contributed by atoms with E-state index in [1.54, 1.807) is 11.4 Å². The highest BCUT2D eigenvalue weighted by atomic mass is 32.7. The van der Waals surface area contributed by atoms with Gasteiger partial charge in [-0.3, -0.25) is 4.57 Å². The van der Waals surface area contributed by atoms with Crippen molar-refractivity contribution >= 4 is 18.0 Å². The first-order valence-electron chi connectivity index (χ1n) is 8.65. The quantitative estimate of drug-likeness (QED) is 0.391. The lowest BCUT2D eigenvalue weighted by Gasteiger charge is -2.22. The zero-order valence-corrected chi connectivity index (χ0v) is 16.5. The van der Waals surface area contributed by atoms with Gasteiger partial charge in [0.2, 0.25) is 0 Å². The third-order valence-electron chi connectivity index (χ3n) is 4.03. The molecule has 0 aromatic heterocycles. The molecule has 0 saturated carbocycles. The van der Waals surface area contributed by atoms with Crippen LogP contribution in [0.4, 0.5) is 0 Å². The van der Waals surface area contributed by atoms with E-state index in [-0.39, 0.29) is 0 Å². The molecule has 0 aliphatic carbocycles. The second kappa shape index (κ2) is 13.0. The van der Waals surface area contributed by atoms with Crippen LogP contribution >= 0.6 is 18.0 Å². The van der Waals surface area contributed by atoms with Crippen molar-refractivity contribution in [3.05, 3.63) is 0 Å². The Morgan fingerprint density at radius 1 is 1.14 bits per heavy atom. The molecule has 0 aromatic rings. The second-order valence-corrected chi connectivity index (χ2v) is 10.7. The van der Waals surface area contributed by atoms with E-state index in [9.17, 15) is 4.57 Å². The van der Waals surface area contributed by atoms with Crippen LogP contribution in [0.15, 0.2) is 0 Å². The molecule has 21 heavy (non-hydrogen) atoms. The summed E-state index contributed by atoms with van der Waals surface area (Å²) in [6, 6.07) is 0. The molecule has 0 heterocycles. The molecule has 0 radical (unpaired) electrons. The minimum absolute atomic E-state index is 0.563. The van der Waals surface area contributed by atoms with E-state index < -0.39 is 6.57 Å². The molecule has 0 aliphatic heterocycles. The monoisotopic (exact) mass is 337 g/mol. The molecule has 0 spiro atoms. The molecule has 5 heteroatoms. The van der Waals surface area contributed by atoms with E-state index in [1.165, 1.54) is 19.3 Å². The first-order valence-corrected chi connectivity index (χ1v) is 12.1. The molecule has 0 amide bonds. The standard InChI is InChI=1S/C16H36NO2PS/c1-6-11-12-16(7-2)15-19-20(18,10-5)21-14-13-17(8-3)9-4/h16H,6-15H2,1-5H3. The van der Waals surface area contributed by atoms with Crippen molar-refractivity contribution in [2.75, 3.05) is 38.2 Å². The molecule has 0 fully saturated rings. The van der Waals surface area contributed by atoms with Gasteiger partial charge in [0.1, 0.15) is 0 Å². The third kappa shape index (κ3) is 9.99. The van der Waals surface area contributed by atoms with E-state index in [2.05, 4.69) is 32.6 Å². The van der Waals surface area contributed by atoms with Gasteiger partial charge in [-0.05, 0) is 25.4 Å². The maximum absolute atomic E-state index is 12.8. The van der Waals surface area contributed by atoms with Crippen molar-refractivity contribution in [1.29, 1.82) is 0 Å². The van der Waals surface area contributed by atoms with Crippen molar-refractivity contribution in [2.45, 2.75) is 60.3 Å². The van der Waals surface area contributed by atoms with Gasteiger partial charge in [-0.1, -0.05) is 65.3 Å². The number of unbranched alkanes of at least 4 members (excludes halogenated alkanes) is 1. The van der Waals surface area contributed by atoms with Gasteiger partial charge in [0.15, 0.2) is 0 Å². The van der Waals surface area contributed by atoms with E-state index >= 15 is 0 Å². The fourth-order valence-electron chi connectivity index (χ4n) is 2.19. The summed E-state index contributed by atoms with van der Waals surface area (Å²) in [6.45, 7) is 12.0. The van der Waals surface area contributed by atoms with Gasteiger partial charge in [0.05, 0.1) is 6.61 Å². The SMILES string of the molecule is CCCCC(CC)COP(=O)(CC)SCCN(CC)CC. The summed E-state index contributed by atoms with van der Waals surface area (Å²) in [5, 5.41) is 0. The van der Waals surface area contributed by atoms with E-state index in [4.69, 9.17) is 4.52 Å². The van der Waals surface area contributed by atoms with Crippen molar-refractivity contribution in [3.8, 4) is 0 Å². The van der Waals surface area contributed by atoms with Crippen molar-refractivity contribution in [1.82, 2.24) is 4.90 Å². The van der Waals surface area contributed by atoms with Crippen LogP contribution < -0.4 is 0 Å².